The fraction of sp³-hybridized carbons (Fsp3) is 0.571. The highest BCUT2D eigenvalue weighted by Gasteiger charge is 2.24. The Balaban J connectivity index is 0.00000121. The molecule has 0 fully saturated rings. The van der Waals surface area contributed by atoms with Crippen molar-refractivity contribution in [3.8, 4) is 0 Å². The SMILES string of the molecule is CC.CC(C)(O)c1cccc(C(C)(C)OO)c1. The fourth-order valence-electron chi connectivity index (χ4n) is 1.33. The molecule has 3 heteroatoms. The van der Waals surface area contributed by atoms with Gasteiger partial charge in [0.05, 0.1) is 5.60 Å². The molecule has 0 aliphatic rings. The predicted octanol–water partition coefficient (Wildman–Crippen LogP) is 3.66. The van der Waals surface area contributed by atoms with Gasteiger partial charge in [0.2, 0.25) is 0 Å². The van der Waals surface area contributed by atoms with E-state index < -0.39 is 11.2 Å². The first-order chi connectivity index (χ1) is 7.77. The first-order valence-electron chi connectivity index (χ1n) is 5.93. The molecule has 0 heterocycles. The third kappa shape index (κ3) is 4.46. The van der Waals surface area contributed by atoms with E-state index in [-0.39, 0.29) is 0 Å². The largest absolute Gasteiger partial charge is 0.386 e. The van der Waals surface area contributed by atoms with E-state index in [0.29, 0.717) is 0 Å². The topological polar surface area (TPSA) is 49.7 Å². The van der Waals surface area contributed by atoms with Gasteiger partial charge in [0, 0.05) is 0 Å². The van der Waals surface area contributed by atoms with E-state index in [4.69, 9.17) is 5.26 Å². The average Bonchev–Trinajstić information content (AvgIpc) is 2.31. The summed E-state index contributed by atoms with van der Waals surface area (Å²) < 4.78 is 0. The molecule has 2 N–H and O–H groups in total. The summed E-state index contributed by atoms with van der Waals surface area (Å²) >= 11 is 0. The molecule has 0 amide bonds. The maximum absolute atomic E-state index is 9.85. The van der Waals surface area contributed by atoms with Crippen LogP contribution in [0.15, 0.2) is 24.3 Å². The van der Waals surface area contributed by atoms with Crippen molar-refractivity contribution < 1.29 is 15.3 Å². The average molecular weight is 240 g/mol. The highest BCUT2D eigenvalue weighted by atomic mass is 17.1. The van der Waals surface area contributed by atoms with E-state index >= 15 is 0 Å². The van der Waals surface area contributed by atoms with Crippen molar-refractivity contribution in [2.45, 2.75) is 52.7 Å². The Kier molecular flexibility index (Phi) is 5.82. The zero-order valence-electron chi connectivity index (χ0n) is 11.6. The normalized spacial score (nSPS) is 11.8. The van der Waals surface area contributed by atoms with Gasteiger partial charge in [-0.05, 0) is 44.9 Å². The molecule has 98 valence electrons. The Bertz CT molecular complexity index is 338. The third-order valence-corrected chi connectivity index (χ3v) is 2.49. The highest BCUT2D eigenvalue weighted by Crippen LogP contribution is 2.27. The van der Waals surface area contributed by atoms with E-state index in [1.54, 1.807) is 27.7 Å². The molecule has 1 rings (SSSR count). The standard InChI is InChI=1S/C12H18O3.C2H6/c1-11(2,13)9-6-5-7-10(8-9)12(3,4)15-14;1-2/h5-8,13-14H,1-4H3;1-2H3. The first kappa shape index (κ1) is 16.1. The van der Waals surface area contributed by atoms with Crippen LogP contribution in [0.4, 0.5) is 0 Å². The van der Waals surface area contributed by atoms with Crippen LogP contribution in [0, 0.1) is 0 Å². The van der Waals surface area contributed by atoms with E-state index in [0.717, 1.165) is 11.1 Å². The van der Waals surface area contributed by atoms with Crippen LogP contribution in [0.1, 0.15) is 52.7 Å². The summed E-state index contributed by atoms with van der Waals surface area (Å²) in [5.74, 6) is 0. The second-order valence-corrected chi connectivity index (χ2v) is 4.74. The van der Waals surface area contributed by atoms with Crippen LogP contribution in [0.5, 0.6) is 0 Å². The lowest BCUT2D eigenvalue weighted by Crippen LogP contribution is -2.22. The Labute approximate surface area is 104 Å². The molecule has 0 atom stereocenters. The van der Waals surface area contributed by atoms with Gasteiger partial charge in [0.25, 0.3) is 0 Å². The molecule has 0 spiro atoms. The molecule has 0 aromatic heterocycles. The van der Waals surface area contributed by atoms with Gasteiger partial charge in [-0.3, -0.25) is 5.26 Å². The van der Waals surface area contributed by atoms with Gasteiger partial charge in [-0.15, -0.1) is 0 Å². The van der Waals surface area contributed by atoms with E-state index in [2.05, 4.69) is 4.89 Å². The van der Waals surface area contributed by atoms with Crippen LogP contribution < -0.4 is 0 Å². The molecule has 0 saturated carbocycles. The molecular formula is C14H24O3. The van der Waals surface area contributed by atoms with Gasteiger partial charge < -0.3 is 5.11 Å². The van der Waals surface area contributed by atoms with Gasteiger partial charge in [0.1, 0.15) is 5.60 Å². The minimum atomic E-state index is -0.887. The van der Waals surface area contributed by atoms with Gasteiger partial charge in [0.15, 0.2) is 0 Å². The number of hydrogen-bond acceptors (Lipinski definition) is 3. The van der Waals surface area contributed by atoms with Crippen molar-refractivity contribution in [1.29, 1.82) is 0 Å². The van der Waals surface area contributed by atoms with Crippen LogP contribution in [0.3, 0.4) is 0 Å². The van der Waals surface area contributed by atoms with Crippen molar-refractivity contribution in [3.05, 3.63) is 35.4 Å². The number of hydrogen-bond donors (Lipinski definition) is 2. The van der Waals surface area contributed by atoms with Crippen molar-refractivity contribution >= 4 is 0 Å². The molecular weight excluding hydrogens is 216 g/mol. The molecule has 1 aromatic rings. The van der Waals surface area contributed by atoms with E-state index in [9.17, 15) is 5.11 Å². The Morgan fingerprint density at radius 1 is 1.00 bits per heavy atom. The van der Waals surface area contributed by atoms with Crippen LogP contribution in [-0.4, -0.2) is 10.4 Å². The van der Waals surface area contributed by atoms with Gasteiger partial charge >= 0.3 is 0 Å². The molecule has 0 radical (unpaired) electrons. The summed E-state index contributed by atoms with van der Waals surface area (Å²) in [7, 11) is 0. The van der Waals surface area contributed by atoms with Crippen molar-refractivity contribution in [3.63, 3.8) is 0 Å². The maximum Gasteiger partial charge on any atom is 0.123 e. The van der Waals surface area contributed by atoms with E-state index in [1.807, 2.05) is 38.1 Å². The molecule has 0 aliphatic carbocycles. The van der Waals surface area contributed by atoms with Crippen LogP contribution in [0.25, 0.3) is 0 Å². The molecule has 17 heavy (non-hydrogen) atoms. The Hall–Kier alpha value is -0.900. The maximum atomic E-state index is 9.85. The van der Waals surface area contributed by atoms with Crippen molar-refractivity contribution in [1.82, 2.24) is 0 Å². The fourth-order valence-corrected chi connectivity index (χ4v) is 1.33. The lowest BCUT2D eigenvalue weighted by Gasteiger charge is -2.24. The summed E-state index contributed by atoms with van der Waals surface area (Å²) in [6.07, 6.45) is 0. The minimum Gasteiger partial charge on any atom is -0.386 e. The lowest BCUT2D eigenvalue weighted by atomic mass is 9.91. The van der Waals surface area contributed by atoms with Crippen molar-refractivity contribution in [2.75, 3.05) is 0 Å². The van der Waals surface area contributed by atoms with E-state index in [1.165, 1.54) is 0 Å². The number of aliphatic hydroxyl groups is 1. The zero-order chi connectivity index (χ0) is 13.7. The van der Waals surface area contributed by atoms with Gasteiger partial charge in [-0.2, -0.15) is 0 Å². The summed E-state index contributed by atoms with van der Waals surface area (Å²) in [5.41, 5.74) is -0.0299. The molecule has 3 nitrogen and oxygen atoms in total. The number of rotatable bonds is 3. The summed E-state index contributed by atoms with van der Waals surface area (Å²) in [6.45, 7) is 11.0. The summed E-state index contributed by atoms with van der Waals surface area (Å²) in [5, 5.41) is 18.6. The monoisotopic (exact) mass is 240 g/mol. The predicted molar refractivity (Wildman–Crippen MR) is 69.8 cm³/mol. The first-order valence-corrected chi connectivity index (χ1v) is 5.93. The summed E-state index contributed by atoms with van der Waals surface area (Å²) in [6, 6.07) is 7.36. The van der Waals surface area contributed by atoms with Crippen LogP contribution in [-0.2, 0) is 16.1 Å². The van der Waals surface area contributed by atoms with Crippen LogP contribution in [0.2, 0.25) is 0 Å². The number of benzene rings is 1. The lowest BCUT2D eigenvalue weighted by molar-refractivity contribution is -0.318. The second-order valence-electron chi connectivity index (χ2n) is 4.74. The Morgan fingerprint density at radius 3 is 1.88 bits per heavy atom. The van der Waals surface area contributed by atoms with Crippen molar-refractivity contribution in [2.24, 2.45) is 0 Å². The second kappa shape index (κ2) is 6.15. The van der Waals surface area contributed by atoms with Gasteiger partial charge in [-0.1, -0.05) is 32.0 Å². The molecule has 1 aromatic carbocycles. The Morgan fingerprint density at radius 2 is 1.47 bits per heavy atom. The highest BCUT2D eigenvalue weighted by molar-refractivity contribution is 5.30. The molecule has 0 unspecified atom stereocenters. The minimum absolute atomic E-state index is 0.763. The van der Waals surface area contributed by atoms with Gasteiger partial charge in [-0.25, -0.2) is 4.89 Å². The molecule has 0 aliphatic heterocycles. The quantitative estimate of drug-likeness (QED) is 0.626. The third-order valence-electron chi connectivity index (χ3n) is 2.49. The summed E-state index contributed by atoms with van der Waals surface area (Å²) in [4.78, 5) is 4.41. The van der Waals surface area contributed by atoms with Crippen LogP contribution >= 0.6 is 0 Å². The zero-order valence-corrected chi connectivity index (χ0v) is 11.6. The smallest absolute Gasteiger partial charge is 0.123 e. The molecule has 0 saturated heterocycles. The molecule has 0 bridgehead atoms.